The van der Waals surface area contributed by atoms with E-state index >= 15 is 0 Å². The molecule has 1 saturated carbocycles. The number of anilines is 1. The summed E-state index contributed by atoms with van der Waals surface area (Å²) in [7, 11) is 0. The molecule has 2 amide bonds. The van der Waals surface area contributed by atoms with E-state index in [-0.39, 0.29) is 17.9 Å². The Balaban J connectivity index is 1.67. The summed E-state index contributed by atoms with van der Waals surface area (Å²) in [5.41, 5.74) is 2.90. The molecule has 0 saturated heterocycles. The maximum Gasteiger partial charge on any atom is 0.258 e. The van der Waals surface area contributed by atoms with Crippen LogP contribution in [0.5, 0.6) is 0 Å². The van der Waals surface area contributed by atoms with Crippen LogP contribution in [0.25, 0.3) is 11.1 Å². The van der Waals surface area contributed by atoms with Crippen LogP contribution in [0.4, 0.5) is 5.69 Å². The van der Waals surface area contributed by atoms with Gasteiger partial charge in [0, 0.05) is 11.7 Å². The highest BCUT2D eigenvalue weighted by atomic mass is 16.5. The fraction of sp³-hybridized carbons (Fsp3) is 0.263. The highest BCUT2D eigenvalue weighted by molar-refractivity contribution is 6.14. The molecule has 0 atom stereocenters. The number of fused-ring (bicyclic) bond motifs is 1. The summed E-state index contributed by atoms with van der Waals surface area (Å²) >= 11 is 0. The number of hydrogen-bond acceptors (Lipinski definition) is 5. The molecule has 0 aliphatic heterocycles. The minimum atomic E-state index is -0.335. The van der Waals surface area contributed by atoms with Crippen molar-refractivity contribution in [1.82, 2.24) is 15.5 Å². The van der Waals surface area contributed by atoms with Crippen LogP contribution in [-0.4, -0.2) is 28.0 Å². The molecule has 2 heterocycles. The van der Waals surface area contributed by atoms with Crippen LogP contribution in [0.3, 0.4) is 0 Å². The third-order valence-corrected chi connectivity index (χ3v) is 4.32. The van der Waals surface area contributed by atoms with Gasteiger partial charge in [0.05, 0.1) is 27.9 Å². The number of carbonyl (C=O) groups is 2. The highest BCUT2D eigenvalue weighted by Gasteiger charge is 2.25. The molecule has 1 aromatic carbocycles. The Kier molecular flexibility index (Phi) is 3.91. The summed E-state index contributed by atoms with van der Waals surface area (Å²) in [4.78, 5) is 29.6. The molecular formula is C19H18N4O3. The van der Waals surface area contributed by atoms with Crippen LogP contribution in [0, 0.1) is 13.8 Å². The molecule has 7 heteroatoms. The zero-order valence-electron chi connectivity index (χ0n) is 14.5. The lowest BCUT2D eigenvalue weighted by molar-refractivity contribution is 0.0952. The monoisotopic (exact) mass is 350 g/mol. The molecule has 0 unspecified atom stereocenters. The lowest BCUT2D eigenvalue weighted by atomic mass is 10.1. The number of nitrogens with zero attached hydrogens (tertiary/aromatic N) is 2. The minimum Gasteiger partial charge on any atom is -0.349 e. The van der Waals surface area contributed by atoms with Gasteiger partial charge in [0.25, 0.3) is 17.5 Å². The maximum atomic E-state index is 12.9. The number of aromatic nitrogens is 2. The van der Waals surface area contributed by atoms with Crippen molar-refractivity contribution in [2.24, 2.45) is 0 Å². The number of rotatable bonds is 4. The molecular weight excluding hydrogens is 332 g/mol. The average molecular weight is 350 g/mol. The number of para-hydroxylation sites is 1. The molecule has 1 aliphatic rings. The van der Waals surface area contributed by atoms with Crippen molar-refractivity contribution < 1.29 is 14.1 Å². The zero-order valence-corrected chi connectivity index (χ0v) is 14.5. The summed E-state index contributed by atoms with van der Waals surface area (Å²) < 4.78 is 5.18. The van der Waals surface area contributed by atoms with Gasteiger partial charge in [-0.05, 0) is 44.9 Å². The second-order valence-corrected chi connectivity index (χ2v) is 6.51. The lowest BCUT2D eigenvalue weighted by Gasteiger charge is -2.12. The van der Waals surface area contributed by atoms with Crippen LogP contribution >= 0.6 is 0 Å². The Morgan fingerprint density at radius 2 is 1.88 bits per heavy atom. The second-order valence-electron chi connectivity index (χ2n) is 6.51. The molecule has 0 radical (unpaired) electrons. The fourth-order valence-electron chi connectivity index (χ4n) is 2.87. The van der Waals surface area contributed by atoms with E-state index in [9.17, 15) is 9.59 Å². The average Bonchev–Trinajstić information content (AvgIpc) is 3.36. The van der Waals surface area contributed by atoms with Crippen LogP contribution in [-0.2, 0) is 0 Å². The Bertz CT molecular complexity index is 1020. The van der Waals surface area contributed by atoms with Crippen LogP contribution in [0.15, 0.2) is 34.9 Å². The molecule has 0 bridgehead atoms. The maximum absolute atomic E-state index is 12.9. The van der Waals surface area contributed by atoms with E-state index in [0.29, 0.717) is 39.3 Å². The van der Waals surface area contributed by atoms with E-state index < -0.39 is 0 Å². The summed E-state index contributed by atoms with van der Waals surface area (Å²) in [5.74, 6) is -0.515. The number of carbonyl (C=O) groups excluding carboxylic acids is 2. The van der Waals surface area contributed by atoms with Crippen molar-refractivity contribution in [3.63, 3.8) is 0 Å². The molecule has 7 nitrogen and oxygen atoms in total. The first-order valence-electron chi connectivity index (χ1n) is 8.48. The van der Waals surface area contributed by atoms with Gasteiger partial charge in [0.2, 0.25) is 0 Å². The molecule has 2 N–H and O–H groups in total. The SMILES string of the molecule is Cc1cc(C(=O)Nc2ccccc2C(=O)NC2CC2)c2c(C)noc2n1. The smallest absolute Gasteiger partial charge is 0.258 e. The summed E-state index contributed by atoms with van der Waals surface area (Å²) in [6, 6.07) is 8.90. The van der Waals surface area contributed by atoms with Gasteiger partial charge in [0.15, 0.2) is 0 Å². The van der Waals surface area contributed by atoms with E-state index in [1.807, 2.05) is 0 Å². The van der Waals surface area contributed by atoms with Crippen molar-refractivity contribution in [1.29, 1.82) is 0 Å². The highest BCUT2D eigenvalue weighted by Crippen LogP contribution is 2.25. The molecule has 1 fully saturated rings. The number of pyridine rings is 1. The third-order valence-electron chi connectivity index (χ3n) is 4.32. The topological polar surface area (TPSA) is 97.1 Å². The summed E-state index contributed by atoms with van der Waals surface area (Å²) in [5, 5.41) is 10.3. The van der Waals surface area contributed by atoms with Crippen molar-refractivity contribution in [2.45, 2.75) is 32.7 Å². The standard InChI is InChI=1S/C19H18N4O3/c1-10-9-14(16-11(2)23-26-19(16)20-10)18(25)22-15-6-4-3-5-13(15)17(24)21-12-7-8-12/h3-6,9,12H,7-8H2,1-2H3,(H,21,24)(H,22,25). The molecule has 132 valence electrons. The van der Waals surface area contributed by atoms with Crippen LogP contribution < -0.4 is 10.6 Å². The third kappa shape index (κ3) is 3.03. The fourth-order valence-corrected chi connectivity index (χ4v) is 2.87. The second kappa shape index (κ2) is 6.25. The summed E-state index contributed by atoms with van der Waals surface area (Å²) in [6.45, 7) is 3.54. The molecule has 3 aromatic rings. The first kappa shape index (κ1) is 16.3. The predicted molar refractivity (Wildman–Crippen MR) is 96.2 cm³/mol. The van der Waals surface area contributed by atoms with Gasteiger partial charge in [-0.1, -0.05) is 17.3 Å². The van der Waals surface area contributed by atoms with E-state index in [1.54, 1.807) is 44.2 Å². The molecule has 1 aliphatic carbocycles. The van der Waals surface area contributed by atoms with E-state index in [1.165, 1.54) is 0 Å². The van der Waals surface area contributed by atoms with E-state index in [0.717, 1.165) is 12.8 Å². The Morgan fingerprint density at radius 1 is 1.12 bits per heavy atom. The van der Waals surface area contributed by atoms with Gasteiger partial charge in [-0.3, -0.25) is 9.59 Å². The van der Waals surface area contributed by atoms with Gasteiger partial charge in [-0.2, -0.15) is 0 Å². The van der Waals surface area contributed by atoms with Gasteiger partial charge < -0.3 is 15.2 Å². The quantitative estimate of drug-likeness (QED) is 0.754. The Hall–Kier alpha value is -3.22. The Labute approximate surface area is 149 Å². The summed E-state index contributed by atoms with van der Waals surface area (Å²) in [6.07, 6.45) is 2.00. The molecule has 0 spiro atoms. The van der Waals surface area contributed by atoms with E-state index in [4.69, 9.17) is 4.52 Å². The van der Waals surface area contributed by atoms with E-state index in [2.05, 4.69) is 20.8 Å². The predicted octanol–water partition coefficient (Wildman–Crippen LogP) is 2.98. The van der Waals surface area contributed by atoms with Gasteiger partial charge >= 0.3 is 0 Å². The number of nitrogens with one attached hydrogen (secondary N) is 2. The Morgan fingerprint density at radius 3 is 2.65 bits per heavy atom. The van der Waals surface area contributed by atoms with Gasteiger partial charge in [-0.15, -0.1) is 0 Å². The molecule has 4 rings (SSSR count). The molecule has 26 heavy (non-hydrogen) atoms. The number of aryl methyl sites for hydroxylation is 2. The first-order valence-corrected chi connectivity index (χ1v) is 8.48. The minimum absolute atomic E-state index is 0.180. The normalized spacial score (nSPS) is 13.6. The lowest BCUT2D eigenvalue weighted by Crippen LogP contribution is -2.27. The number of benzene rings is 1. The van der Waals surface area contributed by atoms with Crippen LogP contribution in [0.1, 0.15) is 44.9 Å². The van der Waals surface area contributed by atoms with Gasteiger partial charge in [0.1, 0.15) is 0 Å². The van der Waals surface area contributed by atoms with Crippen LogP contribution in [0.2, 0.25) is 0 Å². The number of amides is 2. The first-order chi connectivity index (χ1) is 12.5. The van der Waals surface area contributed by atoms with Crippen molar-refractivity contribution in [3.05, 3.63) is 52.8 Å². The van der Waals surface area contributed by atoms with Gasteiger partial charge in [-0.25, -0.2) is 4.98 Å². The zero-order chi connectivity index (χ0) is 18.3. The van der Waals surface area contributed by atoms with Crippen molar-refractivity contribution in [3.8, 4) is 0 Å². The van der Waals surface area contributed by atoms with Crippen molar-refractivity contribution >= 4 is 28.6 Å². The van der Waals surface area contributed by atoms with Crippen molar-refractivity contribution in [2.75, 3.05) is 5.32 Å². The number of hydrogen-bond donors (Lipinski definition) is 2. The molecule has 2 aromatic heterocycles. The largest absolute Gasteiger partial charge is 0.349 e.